The first-order valence-electron chi connectivity index (χ1n) is 10.3. The Labute approximate surface area is 180 Å². The number of ether oxygens (including phenoxy) is 4. The van der Waals surface area contributed by atoms with Gasteiger partial charge in [-0.05, 0) is 29.8 Å². The normalized spacial score (nSPS) is 25.0. The zero-order valence-corrected chi connectivity index (χ0v) is 17.6. The molecule has 158 valence electrons. The van der Waals surface area contributed by atoms with Crippen LogP contribution in [0, 0.1) is 0 Å². The topological polar surface area (TPSA) is 69.8 Å². The number of fused-ring (bicyclic) bond motifs is 3. The molecular formula is C24H21O6P. The fourth-order valence-corrected chi connectivity index (χ4v) is 6.11. The summed E-state index contributed by atoms with van der Waals surface area (Å²) < 4.78 is 43.1. The highest BCUT2D eigenvalue weighted by atomic mass is 31.2. The molecule has 3 aliphatic rings. The van der Waals surface area contributed by atoms with Crippen molar-refractivity contribution in [2.75, 3.05) is 26.4 Å². The highest BCUT2D eigenvalue weighted by molar-refractivity contribution is 7.75. The first-order valence-corrected chi connectivity index (χ1v) is 12.0. The van der Waals surface area contributed by atoms with Crippen molar-refractivity contribution in [3.05, 3.63) is 66.7 Å². The van der Waals surface area contributed by atoms with E-state index in [9.17, 15) is 4.57 Å². The molecule has 6 nitrogen and oxygen atoms in total. The van der Waals surface area contributed by atoms with Crippen LogP contribution in [0.2, 0.25) is 0 Å². The van der Waals surface area contributed by atoms with E-state index in [0.717, 1.165) is 17.7 Å². The van der Waals surface area contributed by atoms with Crippen LogP contribution < -0.4 is 24.6 Å². The number of hydrogen-bond acceptors (Lipinski definition) is 6. The maximum atomic E-state index is 14.5. The van der Waals surface area contributed by atoms with E-state index >= 15 is 0 Å². The quantitative estimate of drug-likeness (QED) is 0.417. The Kier molecular flexibility index (Phi) is 4.53. The van der Waals surface area contributed by atoms with Gasteiger partial charge in [-0.15, -0.1) is 0 Å². The van der Waals surface area contributed by atoms with Crippen molar-refractivity contribution in [3.63, 3.8) is 0 Å². The molecule has 0 spiro atoms. The van der Waals surface area contributed by atoms with Gasteiger partial charge in [0.05, 0.1) is 23.8 Å². The number of hydrogen-bond donors (Lipinski definition) is 0. The average molecular weight is 436 g/mol. The van der Waals surface area contributed by atoms with E-state index in [1.165, 1.54) is 0 Å². The highest BCUT2D eigenvalue weighted by Crippen LogP contribution is 2.55. The summed E-state index contributed by atoms with van der Waals surface area (Å²) in [6.07, 6.45) is 0.214. The minimum atomic E-state index is -3.46. The molecule has 3 atom stereocenters. The average Bonchev–Trinajstić information content (AvgIpc) is 3.72. The minimum absolute atomic E-state index is 0.0681. The zero-order chi connectivity index (χ0) is 20.8. The summed E-state index contributed by atoms with van der Waals surface area (Å²) in [5.41, 5.74) is 1.85. The van der Waals surface area contributed by atoms with Crippen LogP contribution in [-0.2, 0) is 14.0 Å². The van der Waals surface area contributed by atoms with E-state index < -0.39 is 7.37 Å². The first-order chi connectivity index (χ1) is 15.2. The van der Waals surface area contributed by atoms with E-state index in [2.05, 4.69) is 0 Å². The van der Waals surface area contributed by atoms with E-state index in [1.54, 1.807) is 12.1 Å². The molecule has 6 rings (SSSR count). The molecule has 31 heavy (non-hydrogen) atoms. The van der Waals surface area contributed by atoms with Gasteiger partial charge in [-0.1, -0.05) is 36.4 Å². The van der Waals surface area contributed by atoms with Gasteiger partial charge in [-0.25, -0.2) is 0 Å². The molecular weight excluding hydrogens is 415 g/mol. The summed E-state index contributed by atoms with van der Waals surface area (Å²) in [6, 6.07) is 20.7. The Bertz CT molecular complexity index is 1180. The maximum Gasteiger partial charge on any atom is 0.311 e. The van der Waals surface area contributed by atoms with Crippen molar-refractivity contribution < 1.29 is 28.0 Å². The summed E-state index contributed by atoms with van der Waals surface area (Å²) in [5.74, 6) is 1.73. The molecule has 0 aliphatic carbocycles. The zero-order valence-electron chi connectivity index (χ0n) is 16.7. The van der Waals surface area contributed by atoms with Crippen molar-refractivity contribution in [1.82, 2.24) is 0 Å². The SMILES string of the molecule is O=P1(c2ccc(OCC3CO3)cc2OCC2CO2)Oc2ccccc2-c2ccccc21. The van der Waals surface area contributed by atoms with Crippen molar-refractivity contribution in [2.45, 2.75) is 12.2 Å². The molecule has 2 saturated heterocycles. The monoisotopic (exact) mass is 436 g/mol. The van der Waals surface area contributed by atoms with Crippen molar-refractivity contribution in [3.8, 4) is 28.4 Å². The number of para-hydroxylation sites is 1. The van der Waals surface area contributed by atoms with Gasteiger partial charge in [-0.2, -0.15) is 0 Å². The Morgan fingerprint density at radius 3 is 2.26 bits per heavy atom. The van der Waals surface area contributed by atoms with Crippen LogP contribution in [0.4, 0.5) is 0 Å². The van der Waals surface area contributed by atoms with Gasteiger partial charge in [0, 0.05) is 11.6 Å². The summed E-state index contributed by atoms with van der Waals surface area (Å²) in [4.78, 5) is 0. The Balaban J connectivity index is 1.43. The Morgan fingerprint density at radius 2 is 1.48 bits per heavy atom. The predicted molar refractivity (Wildman–Crippen MR) is 116 cm³/mol. The van der Waals surface area contributed by atoms with Gasteiger partial charge >= 0.3 is 7.37 Å². The first kappa shape index (κ1) is 18.9. The molecule has 7 heteroatoms. The van der Waals surface area contributed by atoms with Crippen molar-refractivity contribution >= 4 is 18.0 Å². The molecule has 3 unspecified atom stereocenters. The third kappa shape index (κ3) is 3.61. The van der Waals surface area contributed by atoms with Crippen LogP contribution in [-0.4, -0.2) is 38.6 Å². The standard InChI is InChI=1S/C24H21O6P/c25-31(23-8-4-2-6-20(23)19-5-1-3-7-21(19)30-31)24-10-9-16(26-12-17-13-27-17)11-22(24)29-15-18-14-28-18/h1-11,17-18H,12-15H2. The number of rotatable bonds is 7. The van der Waals surface area contributed by atoms with Gasteiger partial charge in [0.25, 0.3) is 0 Å². The lowest BCUT2D eigenvalue weighted by molar-refractivity contribution is 0.253. The van der Waals surface area contributed by atoms with Crippen LogP contribution in [0.15, 0.2) is 66.7 Å². The second-order valence-electron chi connectivity index (χ2n) is 7.82. The molecule has 3 aromatic carbocycles. The maximum absolute atomic E-state index is 14.5. The van der Waals surface area contributed by atoms with Crippen LogP contribution in [0.3, 0.4) is 0 Å². The van der Waals surface area contributed by atoms with Crippen molar-refractivity contribution in [2.24, 2.45) is 0 Å². The van der Waals surface area contributed by atoms with E-state index in [-0.39, 0.29) is 12.2 Å². The summed E-state index contributed by atoms with van der Waals surface area (Å²) in [6.45, 7) is 2.27. The fourth-order valence-electron chi connectivity index (χ4n) is 3.74. The fraction of sp³-hybridized carbons (Fsp3) is 0.250. The summed E-state index contributed by atoms with van der Waals surface area (Å²) >= 11 is 0. The number of benzene rings is 3. The molecule has 0 bridgehead atoms. The van der Waals surface area contributed by atoms with Gasteiger partial charge in [-0.3, -0.25) is 4.57 Å². The Morgan fingerprint density at radius 1 is 0.806 bits per heavy atom. The molecule has 0 radical (unpaired) electrons. The third-order valence-electron chi connectivity index (χ3n) is 5.54. The van der Waals surface area contributed by atoms with Crippen LogP contribution in [0.25, 0.3) is 11.1 Å². The van der Waals surface area contributed by atoms with Gasteiger partial charge in [0.2, 0.25) is 0 Å². The highest BCUT2D eigenvalue weighted by Gasteiger charge is 2.40. The molecule has 0 N–H and O–H groups in total. The molecule has 0 amide bonds. The largest absolute Gasteiger partial charge is 0.491 e. The molecule has 0 aromatic heterocycles. The molecule has 0 saturated carbocycles. The smallest absolute Gasteiger partial charge is 0.311 e. The minimum Gasteiger partial charge on any atom is -0.491 e. The predicted octanol–water partition coefficient (Wildman–Crippen LogP) is 3.53. The van der Waals surface area contributed by atoms with Crippen LogP contribution >= 0.6 is 7.37 Å². The van der Waals surface area contributed by atoms with E-state index in [0.29, 0.717) is 47.7 Å². The Hall–Kier alpha value is -2.79. The van der Waals surface area contributed by atoms with Gasteiger partial charge < -0.3 is 23.5 Å². The van der Waals surface area contributed by atoms with E-state index in [4.69, 9.17) is 23.5 Å². The summed E-state index contributed by atoms with van der Waals surface area (Å²) in [5, 5.41) is 1.19. The van der Waals surface area contributed by atoms with Crippen molar-refractivity contribution in [1.29, 1.82) is 0 Å². The second-order valence-corrected chi connectivity index (χ2v) is 10.1. The third-order valence-corrected chi connectivity index (χ3v) is 8.02. The van der Waals surface area contributed by atoms with Gasteiger partial charge in [0.1, 0.15) is 42.7 Å². The van der Waals surface area contributed by atoms with Crippen LogP contribution in [0.1, 0.15) is 0 Å². The molecule has 3 aliphatic heterocycles. The lowest BCUT2D eigenvalue weighted by atomic mass is 10.0. The number of epoxide rings is 2. The van der Waals surface area contributed by atoms with Gasteiger partial charge in [0.15, 0.2) is 0 Å². The molecule has 2 fully saturated rings. The van der Waals surface area contributed by atoms with Crippen LogP contribution in [0.5, 0.6) is 17.2 Å². The molecule has 3 aromatic rings. The molecule has 3 heterocycles. The lowest BCUT2D eigenvalue weighted by Crippen LogP contribution is -2.27. The second kappa shape index (κ2) is 7.41. The van der Waals surface area contributed by atoms with E-state index in [1.807, 2.05) is 54.6 Å². The lowest BCUT2D eigenvalue weighted by Gasteiger charge is -2.29. The summed E-state index contributed by atoms with van der Waals surface area (Å²) in [7, 11) is -3.46.